The van der Waals surface area contributed by atoms with Crippen LogP contribution in [0.15, 0.2) is 0 Å². The summed E-state index contributed by atoms with van der Waals surface area (Å²) in [5, 5.41) is 0. The van der Waals surface area contributed by atoms with Gasteiger partial charge in [0.1, 0.15) is 0 Å². The Hall–Kier alpha value is 0.180. The number of hydrogen-bond acceptors (Lipinski definition) is 1. The van der Waals surface area contributed by atoms with E-state index in [4.69, 9.17) is 0 Å². The first-order chi connectivity index (χ1) is 4.22. The van der Waals surface area contributed by atoms with E-state index in [1.807, 2.05) is 0 Å². The SMILES string of the molecule is C=S1CCCN1C(C)C. The van der Waals surface area contributed by atoms with Gasteiger partial charge in [0.15, 0.2) is 0 Å². The molecule has 1 aliphatic rings. The van der Waals surface area contributed by atoms with Gasteiger partial charge in [-0.3, -0.25) is 4.31 Å². The molecular formula is C7H15NS. The Balaban J connectivity index is 2.49. The fraction of sp³-hybridized carbons (Fsp3) is 0.857. The van der Waals surface area contributed by atoms with Crippen LogP contribution in [0.3, 0.4) is 0 Å². The summed E-state index contributed by atoms with van der Waals surface area (Å²) in [4.78, 5) is 0. The average molecular weight is 145 g/mol. The molecule has 0 saturated carbocycles. The predicted octanol–water partition coefficient (Wildman–Crippen LogP) is 1.72. The van der Waals surface area contributed by atoms with Crippen molar-refractivity contribution in [3.05, 3.63) is 0 Å². The first-order valence-electron chi connectivity index (χ1n) is 3.49. The van der Waals surface area contributed by atoms with Crippen LogP contribution in [0.1, 0.15) is 20.3 Å². The molecule has 0 radical (unpaired) electrons. The topological polar surface area (TPSA) is 3.24 Å². The van der Waals surface area contributed by atoms with Gasteiger partial charge in [-0.2, -0.15) is 0 Å². The Morgan fingerprint density at radius 1 is 1.56 bits per heavy atom. The Bertz CT molecular complexity index is 120. The summed E-state index contributed by atoms with van der Waals surface area (Å²) in [5.74, 6) is 5.41. The first kappa shape index (κ1) is 7.29. The van der Waals surface area contributed by atoms with Gasteiger partial charge in [0, 0.05) is 18.3 Å². The third-order valence-corrected chi connectivity index (χ3v) is 3.69. The highest BCUT2D eigenvalue weighted by atomic mass is 32.2. The molecule has 0 aromatic carbocycles. The maximum Gasteiger partial charge on any atom is 0.0141 e. The van der Waals surface area contributed by atoms with E-state index < -0.39 is 0 Å². The van der Waals surface area contributed by atoms with Crippen LogP contribution in [0.5, 0.6) is 0 Å². The van der Waals surface area contributed by atoms with E-state index in [1.54, 1.807) is 0 Å². The van der Waals surface area contributed by atoms with E-state index in [0.717, 1.165) is 0 Å². The third-order valence-electron chi connectivity index (χ3n) is 1.67. The quantitative estimate of drug-likeness (QED) is 0.508. The Labute approximate surface area is 60.1 Å². The monoisotopic (exact) mass is 145 g/mol. The summed E-state index contributed by atoms with van der Waals surface area (Å²) >= 11 is 0. The van der Waals surface area contributed by atoms with E-state index >= 15 is 0 Å². The minimum absolute atomic E-state index is 0.343. The van der Waals surface area contributed by atoms with Gasteiger partial charge >= 0.3 is 0 Å². The fourth-order valence-corrected chi connectivity index (χ4v) is 2.87. The van der Waals surface area contributed by atoms with Crippen molar-refractivity contribution in [2.75, 3.05) is 12.3 Å². The minimum atomic E-state index is 0.343. The molecule has 0 N–H and O–H groups in total. The van der Waals surface area contributed by atoms with Crippen LogP contribution in [-0.2, 0) is 0 Å². The van der Waals surface area contributed by atoms with Crippen LogP contribution < -0.4 is 0 Å². The molecule has 1 nitrogen and oxygen atoms in total. The van der Waals surface area contributed by atoms with E-state index in [-0.39, 0.29) is 0 Å². The van der Waals surface area contributed by atoms with E-state index in [1.165, 1.54) is 18.7 Å². The fourth-order valence-electron chi connectivity index (χ4n) is 1.19. The zero-order chi connectivity index (χ0) is 6.85. The molecule has 1 atom stereocenters. The lowest BCUT2D eigenvalue weighted by atomic mass is 10.4. The molecule has 0 bridgehead atoms. The van der Waals surface area contributed by atoms with Crippen molar-refractivity contribution in [3.8, 4) is 0 Å². The van der Waals surface area contributed by atoms with E-state index in [2.05, 4.69) is 24.0 Å². The summed E-state index contributed by atoms with van der Waals surface area (Å²) in [5.41, 5.74) is 0. The van der Waals surface area contributed by atoms with Crippen LogP contribution in [0.25, 0.3) is 0 Å². The average Bonchev–Trinajstić information content (AvgIpc) is 2.13. The van der Waals surface area contributed by atoms with E-state index in [0.29, 0.717) is 16.7 Å². The molecule has 0 aromatic heterocycles. The highest BCUT2D eigenvalue weighted by Crippen LogP contribution is 2.27. The maximum absolute atomic E-state index is 4.09. The summed E-state index contributed by atoms with van der Waals surface area (Å²) in [6, 6.07) is 0.702. The minimum Gasteiger partial charge on any atom is -0.254 e. The second-order valence-corrected chi connectivity index (χ2v) is 4.56. The summed E-state index contributed by atoms with van der Waals surface area (Å²) in [7, 11) is 0.343. The predicted molar refractivity (Wildman–Crippen MR) is 46.0 cm³/mol. The normalized spacial score (nSPS) is 29.9. The molecule has 2 heteroatoms. The number of rotatable bonds is 1. The van der Waals surface area contributed by atoms with Gasteiger partial charge in [-0.1, -0.05) is 5.87 Å². The lowest BCUT2D eigenvalue weighted by Gasteiger charge is -2.21. The highest BCUT2D eigenvalue weighted by Gasteiger charge is 2.16. The molecule has 1 heterocycles. The van der Waals surface area contributed by atoms with Gasteiger partial charge in [-0.15, -0.1) is 10.7 Å². The molecule has 1 aliphatic heterocycles. The molecule has 1 rings (SSSR count). The molecule has 9 heavy (non-hydrogen) atoms. The maximum atomic E-state index is 4.09. The van der Waals surface area contributed by atoms with E-state index in [9.17, 15) is 0 Å². The highest BCUT2D eigenvalue weighted by molar-refractivity contribution is 8.12. The van der Waals surface area contributed by atoms with Gasteiger partial charge in [-0.25, -0.2) is 0 Å². The standard InChI is InChI=1S/C7H15NS/c1-7(2)8-5-4-6-9(8)3/h7H,3-6H2,1-2H3. The van der Waals surface area contributed by atoms with Crippen molar-refractivity contribution >= 4 is 16.5 Å². The molecule has 0 amide bonds. The van der Waals surface area contributed by atoms with Gasteiger partial charge < -0.3 is 0 Å². The van der Waals surface area contributed by atoms with Crippen molar-refractivity contribution in [2.45, 2.75) is 26.3 Å². The van der Waals surface area contributed by atoms with Crippen LogP contribution in [-0.4, -0.2) is 28.5 Å². The second kappa shape index (κ2) is 2.84. The van der Waals surface area contributed by atoms with Crippen molar-refractivity contribution in [2.24, 2.45) is 0 Å². The van der Waals surface area contributed by atoms with Crippen molar-refractivity contribution in [1.82, 2.24) is 4.31 Å². The van der Waals surface area contributed by atoms with Crippen molar-refractivity contribution < 1.29 is 0 Å². The molecule has 0 aromatic rings. The van der Waals surface area contributed by atoms with Crippen molar-refractivity contribution in [3.63, 3.8) is 0 Å². The van der Waals surface area contributed by atoms with Gasteiger partial charge in [0.05, 0.1) is 0 Å². The molecule has 0 aliphatic carbocycles. The van der Waals surface area contributed by atoms with Gasteiger partial charge in [-0.05, 0) is 20.3 Å². The van der Waals surface area contributed by atoms with Gasteiger partial charge in [0.25, 0.3) is 0 Å². The summed E-state index contributed by atoms with van der Waals surface area (Å²) < 4.78 is 2.49. The lowest BCUT2D eigenvalue weighted by molar-refractivity contribution is 0.416. The molecule has 0 spiro atoms. The second-order valence-electron chi connectivity index (χ2n) is 2.75. The molecular weight excluding hydrogens is 130 g/mol. The van der Waals surface area contributed by atoms with Gasteiger partial charge in [0.2, 0.25) is 0 Å². The number of nitrogens with zero attached hydrogens (tertiary/aromatic N) is 1. The Morgan fingerprint density at radius 2 is 2.22 bits per heavy atom. The zero-order valence-electron chi connectivity index (χ0n) is 6.26. The third kappa shape index (κ3) is 1.55. The molecule has 1 fully saturated rings. The number of hydrogen-bond donors (Lipinski definition) is 0. The smallest absolute Gasteiger partial charge is 0.0141 e. The molecule has 1 unspecified atom stereocenters. The largest absolute Gasteiger partial charge is 0.254 e. The van der Waals surface area contributed by atoms with Crippen LogP contribution in [0.4, 0.5) is 0 Å². The lowest BCUT2D eigenvalue weighted by Crippen LogP contribution is -2.21. The molecule has 1 saturated heterocycles. The summed E-state index contributed by atoms with van der Waals surface area (Å²) in [6.07, 6.45) is 1.35. The van der Waals surface area contributed by atoms with Crippen LogP contribution in [0, 0.1) is 0 Å². The molecule has 54 valence electrons. The Kier molecular flexibility index (Phi) is 2.30. The van der Waals surface area contributed by atoms with Crippen LogP contribution in [0.2, 0.25) is 0 Å². The van der Waals surface area contributed by atoms with Crippen LogP contribution >= 0.6 is 10.7 Å². The zero-order valence-corrected chi connectivity index (χ0v) is 7.08. The first-order valence-corrected chi connectivity index (χ1v) is 5.01. The Morgan fingerprint density at radius 3 is 2.44 bits per heavy atom. The van der Waals surface area contributed by atoms with Crippen molar-refractivity contribution in [1.29, 1.82) is 0 Å². The summed E-state index contributed by atoms with van der Waals surface area (Å²) in [6.45, 7) is 5.76.